The lowest BCUT2D eigenvalue weighted by Gasteiger charge is -2.33. The fourth-order valence-electron chi connectivity index (χ4n) is 4.00. The van der Waals surface area contributed by atoms with Crippen LogP contribution in [0.2, 0.25) is 20.1 Å². The number of carbonyl (C=O) groups excluding carboxylic acids is 2. The first-order valence-electron chi connectivity index (χ1n) is 12.4. The van der Waals surface area contributed by atoms with Crippen LogP contribution in [0.3, 0.4) is 0 Å². The predicted molar refractivity (Wildman–Crippen MR) is 163 cm³/mol. The highest BCUT2D eigenvalue weighted by molar-refractivity contribution is 7.92. The molecule has 0 aliphatic carbocycles. The second-order valence-corrected chi connectivity index (χ2v) is 12.7. The third kappa shape index (κ3) is 8.75. The molecule has 2 amide bonds. The van der Waals surface area contributed by atoms with E-state index >= 15 is 0 Å². The Morgan fingerprint density at radius 3 is 2.10 bits per heavy atom. The third-order valence-electron chi connectivity index (χ3n) is 6.02. The molecule has 0 unspecified atom stereocenters. The van der Waals surface area contributed by atoms with Crippen molar-refractivity contribution in [2.45, 2.75) is 32.4 Å². The van der Waals surface area contributed by atoms with E-state index in [4.69, 9.17) is 46.4 Å². The van der Waals surface area contributed by atoms with Crippen molar-refractivity contribution >= 4 is 73.9 Å². The number of carbonyl (C=O) groups is 2. The molecule has 0 fully saturated rings. The van der Waals surface area contributed by atoms with Crippen LogP contribution < -0.4 is 9.62 Å². The van der Waals surface area contributed by atoms with E-state index < -0.39 is 28.5 Å². The Bertz CT molecular complexity index is 1440. The van der Waals surface area contributed by atoms with Crippen LogP contribution in [0, 0.1) is 0 Å². The van der Waals surface area contributed by atoms with Gasteiger partial charge in [0, 0.05) is 24.5 Å². The fraction of sp³-hybridized carbons (Fsp3) is 0.286. The van der Waals surface area contributed by atoms with Gasteiger partial charge in [-0.05, 0) is 41.8 Å². The molecule has 214 valence electrons. The first-order valence-corrected chi connectivity index (χ1v) is 15.7. The van der Waals surface area contributed by atoms with Crippen molar-refractivity contribution in [3.63, 3.8) is 0 Å². The van der Waals surface area contributed by atoms with E-state index in [1.165, 1.54) is 17.0 Å². The van der Waals surface area contributed by atoms with Crippen LogP contribution >= 0.6 is 46.4 Å². The van der Waals surface area contributed by atoms with Crippen molar-refractivity contribution in [2.24, 2.45) is 0 Å². The van der Waals surface area contributed by atoms with E-state index in [2.05, 4.69) is 5.32 Å². The van der Waals surface area contributed by atoms with Crippen molar-refractivity contribution < 1.29 is 18.0 Å². The Labute approximate surface area is 255 Å². The molecule has 3 aromatic rings. The molecular formula is C28H29Cl4N3O4S. The predicted octanol–water partition coefficient (Wildman–Crippen LogP) is 6.23. The van der Waals surface area contributed by atoms with Gasteiger partial charge in [0.15, 0.2) is 0 Å². The van der Waals surface area contributed by atoms with Crippen molar-refractivity contribution in [3.8, 4) is 0 Å². The van der Waals surface area contributed by atoms with Crippen LogP contribution in [0.1, 0.15) is 24.5 Å². The van der Waals surface area contributed by atoms with Gasteiger partial charge in [-0.25, -0.2) is 8.42 Å². The summed E-state index contributed by atoms with van der Waals surface area (Å²) in [5, 5.41) is 3.60. The average Bonchev–Trinajstić information content (AvgIpc) is 2.91. The van der Waals surface area contributed by atoms with E-state index in [1.807, 2.05) is 37.3 Å². The van der Waals surface area contributed by atoms with Gasteiger partial charge in [-0.2, -0.15) is 0 Å². The molecule has 0 aromatic heterocycles. The lowest BCUT2D eigenvalue weighted by molar-refractivity contribution is -0.140. The number of sulfonamides is 1. The van der Waals surface area contributed by atoms with E-state index in [-0.39, 0.29) is 39.6 Å². The molecule has 40 heavy (non-hydrogen) atoms. The first kappa shape index (κ1) is 32.0. The highest BCUT2D eigenvalue weighted by atomic mass is 35.5. The molecule has 0 radical (unpaired) electrons. The highest BCUT2D eigenvalue weighted by Crippen LogP contribution is 2.35. The number of rotatable bonds is 12. The van der Waals surface area contributed by atoms with E-state index in [0.29, 0.717) is 23.6 Å². The lowest BCUT2D eigenvalue weighted by atomic mass is 10.0. The minimum absolute atomic E-state index is 0.00148. The van der Waals surface area contributed by atoms with Gasteiger partial charge >= 0.3 is 0 Å². The summed E-state index contributed by atoms with van der Waals surface area (Å²) >= 11 is 24.6. The second kappa shape index (κ2) is 14.4. The smallest absolute Gasteiger partial charge is 0.244 e. The largest absolute Gasteiger partial charge is 0.354 e. The molecule has 12 heteroatoms. The molecule has 0 aliphatic rings. The highest BCUT2D eigenvalue weighted by Gasteiger charge is 2.33. The fourth-order valence-corrected chi connectivity index (χ4v) is 5.68. The Hall–Kier alpha value is -2.49. The van der Waals surface area contributed by atoms with E-state index in [1.54, 1.807) is 24.3 Å². The SMILES string of the molecule is CCCNC(=O)[C@@H](Cc1ccccc1)N(Cc1ccc(Cl)cc1)C(=O)CN(c1cc(Cl)c(Cl)cc1Cl)S(C)(=O)=O. The number of amides is 2. The molecule has 3 aromatic carbocycles. The minimum atomic E-state index is -4.01. The summed E-state index contributed by atoms with van der Waals surface area (Å²) in [7, 11) is -4.01. The van der Waals surface area contributed by atoms with Crippen LogP contribution in [0.15, 0.2) is 66.7 Å². The quantitative estimate of drug-likeness (QED) is 0.237. The maximum atomic E-state index is 14.0. The molecule has 0 bridgehead atoms. The zero-order valence-electron chi connectivity index (χ0n) is 21.9. The van der Waals surface area contributed by atoms with Gasteiger partial charge in [0.2, 0.25) is 21.8 Å². The first-order chi connectivity index (χ1) is 18.9. The topological polar surface area (TPSA) is 86.8 Å². The number of benzene rings is 3. The summed E-state index contributed by atoms with van der Waals surface area (Å²) in [4.78, 5) is 28.9. The Balaban J connectivity index is 2.07. The average molecular weight is 645 g/mol. The molecule has 7 nitrogen and oxygen atoms in total. The standard InChI is InChI=1S/C28H29Cl4N3O4S/c1-3-13-33-28(37)26(14-19-7-5-4-6-8-19)34(17-20-9-11-21(29)12-10-20)27(36)18-35(40(2,38)39)25-16-23(31)22(30)15-24(25)32/h4-12,15-16,26H,3,13-14,17-18H2,1-2H3,(H,33,37)/t26-/m1/s1. The summed E-state index contributed by atoms with van der Waals surface area (Å²) in [6.45, 7) is 1.74. The van der Waals surface area contributed by atoms with E-state index in [0.717, 1.165) is 16.1 Å². The van der Waals surface area contributed by atoms with Crippen LogP contribution in [-0.2, 0) is 32.6 Å². The summed E-state index contributed by atoms with van der Waals surface area (Å²) in [5.41, 5.74) is 1.53. The summed E-state index contributed by atoms with van der Waals surface area (Å²) in [6.07, 6.45) is 1.87. The summed E-state index contributed by atoms with van der Waals surface area (Å²) in [6, 6.07) is 17.8. The zero-order valence-corrected chi connectivity index (χ0v) is 25.8. The minimum Gasteiger partial charge on any atom is -0.354 e. The summed E-state index contributed by atoms with van der Waals surface area (Å²) in [5.74, 6) is -0.971. The molecule has 3 rings (SSSR count). The second-order valence-electron chi connectivity index (χ2n) is 9.13. The number of nitrogens with zero attached hydrogens (tertiary/aromatic N) is 2. The van der Waals surface area contributed by atoms with Crippen molar-refractivity contribution in [1.29, 1.82) is 0 Å². The molecule has 0 saturated heterocycles. The van der Waals surface area contributed by atoms with Gasteiger partial charge in [0.05, 0.1) is 27.0 Å². The Kier molecular flexibility index (Phi) is 11.5. The van der Waals surface area contributed by atoms with Crippen LogP contribution in [0.5, 0.6) is 0 Å². The maximum absolute atomic E-state index is 14.0. The number of anilines is 1. The van der Waals surface area contributed by atoms with Gasteiger partial charge in [-0.1, -0.05) is 95.8 Å². The maximum Gasteiger partial charge on any atom is 0.244 e. The molecule has 0 saturated carbocycles. The number of nitrogens with one attached hydrogen (secondary N) is 1. The molecule has 0 heterocycles. The molecule has 1 N–H and O–H groups in total. The third-order valence-corrected chi connectivity index (χ3v) is 8.43. The van der Waals surface area contributed by atoms with Gasteiger partial charge in [-0.15, -0.1) is 0 Å². The van der Waals surface area contributed by atoms with Gasteiger partial charge in [0.25, 0.3) is 0 Å². The monoisotopic (exact) mass is 643 g/mol. The van der Waals surface area contributed by atoms with E-state index in [9.17, 15) is 18.0 Å². The number of halogens is 4. The summed E-state index contributed by atoms with van der Waals surface area (Å²) < 4.78 is 26.7. The molecule has 1 atom stereocenters. The zero-order chi connectivity index (χ0) is 29.4. The normalized spacial score (nSPS) is 12.1. The molecule has 0 spiro atoms. The lowest BCUT2D eigenvalue weighted by Crippen LogP contribution is -2.53. The van der Waals surface area contributed by atoms with Crippen LogP contribution in [0.4, 0.5) is 5.69 Å². The number of hydrogen-bond donors (Lipinski definition) is 1. The van der Waals surface area contributed by atoms with Crippen molar-refractivity contribution in [3.05, 3.63) is 97.9 Å². The van der Waals surface area contributed by atoms with Crippen molar-refractivity contribution in [2.75, 3.05) is 23.7 Å². The van der Waals surface area contributed by atoms with Gasteiger partial charge in [0.1, 0.15) is 12.6 Å². The van der Waals surface area contributed by atoms with Gasteiger partial charge in [-0.3, -0.25) is 13.9 Å². The molecular weight excluding hydrogens is 616 g/mol. The Morgan fingerprint density at radius 1 is 0.875 bits per heavy atom. The van der Waals surface area contributed by atoms with Gasteiger partial charge < -0.3 is 10.2 Å². The Morgan fingerprint density at radius 2 is 1.50 bits per heavy atom. The van der Waals surface area contributed by atoms with Crippen LogP contribution in [-0.4, -0.2) is 50.5 Å². The number of hydrogen-bond acceptors (Lipinski definition) is 4. The van der Waals surface area contributed by atoms with Crippen molar-refractivity contribution in [1.82, 2.24) is 10.2 Å². The molecule has 0 aliphatic heterocycles. The van der Waals surface area contributed by atoms with Crippen LogP contribution in [0.25, 0.3) is 0 Å².